The Morgan fingerprint density at radius 1 is 0.561 bits per heavy atom. The standard InChI is InChI=1S/C37H23FN2S/c38-27-19-20-28-29-14-9-15-30(36(29)41-35(28)23-27)37-39-32-16-7-8-17-34(32)40(37)33-21-18-26(24-10-3-1-4-11-24)22-31(33)25-12-5-2-6-13-25/h1-23H. The molecular formula is C37H23FN2S. The van der Waals surface area contributed by atoms with Crippen LogP contribution in [0.4, 0.5) is 4.39 Å². The van der Waals surface area contributed by atoms with Gasteiger partial charge < -0.3 is 0 Å². The van der Waals surface area contributed by atoms with Gasteiger partial charge in [0.1, 0.15) is 11.6 Å². The Kier molecular flexibility index (Phi) is 5.54. The summed E-state index contributed by atoms with van der Waals surface area (Å²) in [4.78, 5) is 5.21. The molecule has 0 bridgehead atoms. The maximum absolute atomic E-state index is 14.2. The number of imidazole rings is 1. The first-order valence-electron chi connectivity index (χ1n) is 13.6. The van der Waals surface area contributed by atoms with Crippen molar-refractivity contribution in [3.05, 3.63) is 145 Å². The molecule has 0 aliphatic carbocycles. The number of para-hydroxylation sites is 2. The van der Waals surface area contributed by atoms with Crippen LogP contribution in [0, 0.1) is 5.82 Å². The molecular weight excluding hydrogens is 523 g/mol. The van der Waals surface area contributed by atoms with Gasteiger partial charge in [-0.15, -0.1) is 11.3 Å². The molecule has 6 aromatic carbocycles. The fraction of sp³-hybridized carbons (Fsp3) is 0. The van der Waals surface area contributed by atoms with Gasteiger partial charge in [0.2, 0.25) is 0 Å². The summed E-state index contributed by atoms with van der Waals surface area (Å²) in [5, 5.41) is 2.18. The van der Waals surface area contributed by atoms with Crippen LogP contribution < -0.4 is 0 Å². The molecule has 0 aliphatic heterocycles. The lowest BCUT2D eigenvalue weighted by atomic mass is 9.97. The molecule has 2 heterocycles. The highest BCUT2D eigenvalue weighted by atomic mass is 32.1. The van der Waals surface area contributed by atoms with E-state index < -0.39 is 0 Å². The van der Waals surface area contributed by atoms with Crippen LogP contribution in [-0.4, -0.2) is 9.55 Å². The topological polar surface area (TPSA) is 17.8 Å². The van der Waals surface area contributed by atoms with Gasteiger partial charge in [-0.05, 0) is 59.2 Å². The first-order valence-corrected chi connectivity index (χ1v) is 14.4. The molecule has 0 atom stereocenters. The van der Waals surface area contributed by atoms with Gasteiger partial charge in [0.05, 0.1) is 16.7 Å². The van der Waals surface area contributed by atoms with Gasteiger partial charge in [0.25, 0.3) is 0 Å². The fourth-order valence-corrected chi connectivity index (χ4v) is 7.03. The van der Waals surface area contributed by atoms with Crippen molar-refractivity contribution in [2.45, 2.75) is 0 Å². The van der Waals surface area contributed by atoms with Crippen molar-refractivity contribution in [1.29, 1.82) is 0 Å². The summed E-state index contributed by atoms with van der Waals surface area (Å²) in [6, 6.07) is 47.4. The summed E-state index contributed by atoms with van der Waals surface area (Å²) in [6.07, 6.45) is 0. The first kappa shape index (κ1) is 23.8. The maximum atomic E-state index is 14.2. The Balaban J connectivity index is 1.44. The SMILES string of the molecule is Fc1ccc2c(c1)sc1c(-c3nc4ccccc4n3-c3ccc(-c4ccccc4)cc3-c3ccccc3)cccc12. The third-order valence-electron chi connectivity index (χ3n) is 7.69. The summed E-state index contributed by atoms with van der Waals surface area (Å²) in [6.45, 7) is 0. The molecule has 0 spiro atoms. The summed E-state index contributed by atoms with van der Waals surface area (Å²) < 4.78 is 18.5. The molecule has 2 aromatic heterocycles. The Labute approximate surface area is 240 Å². The number of hydrogen-bond acceptors (Lipinski definition) is 2. The largest absolute Gasteiger partial charge is 0.292 e. The molecule has 0 fully saturated rings. The van der Waals surface area contributed by atoms with E-state index in [2.05, 4.69) is 108 Å². The van der Waals surface area contributed by atoms with Crippen molar-refractivity contribution >= 4 is 42.5 Å². The van der Waals surface area contributed by atoms with Crippen LogP contribution in [0.15, 0.2) is 140 Å². The molecule has 0 N–H and O–H groups in total. The molecule has 2 nitrogen and oxygen atoms in total. The summed E-state index contributed by atoms with van der Waals surface area (Å²) in [5.74, 6) is 0.650. The number of benzene rings is 6. The Hall–Kier alpha value is -5.06. The van der Waals surface area contributed by atoms with Gasteiger partial charge in [-0.1, -0.05) is 97.1 Å². The maximum Gasteiger partial charge on any atom is 0.147 e. The van der Waals surface area contributed by atoms with Crippen LogP contribution in [-0.2, 0) is 0 Å². The van der Waals surface area contributed by atoms with E-state index in [0.717, 1.165) is 65.0 Å². The van der Waals surface area contributed by atoms with E-state index in [1.165, 1.54) is 11.6 Å². The lowest BCUT2D eigenvalue weighted by Crippen LogP contribution is -2.01. The number of rotatable bonds is 4. The molecule has 4 heteroatoms. The van der Waals surface area contributed by atoms with E-state index >= 15 is 0 Å². The van der Waals surface area contributed by atoms with E-state index in [1.807, 2.05) is 24.3 Å². The second kappa shape index (κ2) is 9.54. The van der Waals surface area contributed by atoms with Crippen molar-refractivity contribution in [3.63, 3.8) is 0 Å². The molecule has 41 heavy (non-hydrogen) atoms. The Bertz CT molecular complexity index is 2210. The third-order valence-corrected chi connectivity index (χ3v) is 8.89. The summed E-state index contributed by atoms with van der Waals surface area (Å²) >= 11 is 1.62. The quantitative estimate of drug-likeness (QED) is 0.215. The van der Waals surface area contributed by atoms with E-state index in [9.17, 15) is 4.39 Å². The smallest absolute Gasteiger partial charge is 0.147 e. The lowest BCUT2D eigenvalue weighted by Gasteiger charge is -2.17. The van der Waals surface area contributed by atoms with Gasteiger partial charge >= 0.3 is 0 Å². The van der Waals surface area contributed by atoms with Crippen LogP contribution in [0.2, 0.25) is 0 Å². The normalized spacial score (nSPS) is 11.5. The monoisotopic (exact) mass is 546 g/mol. The molecule has 0 saturated carbocycles. The lowest BCUT2D eigenvalue weighted by molar-refractivity contribution is 0.630. The first-order chi connectivity index (χ1) is 20.2. The molecule has 0 unspecified atom stereocenters. The third kappa shape index (κ3) is 3.95. The predicted octanol–water partition coefficient (Wildman–Crippen LogP) is 10.5. The minimum atomic E-state index is -0.219. The number of fused-ring (bicyclic) bond motifs is 4. The van der Waals surface area contributed by atoms with Crippen LogP contribution in [0.5, 0.6) is 0 Å². The van der Waals surface area contributed by atoms with Crippen LogP contribution in [0.3, 0.4) is 0 Å². The van der Waals surface area contributed by atoms with Gasteiger partial charge in [-0.2, -0.15) is 0 Å². The van der Waals surface area contributed by atoms with Crippen molar-refractivity contribution in [2.75, 3.05) is 0 Å². The molecule has 0 saturated heterocycles. The predicted molar refractivity (Wildman–Crippen MR) is 170 cm³/mol. The second-order valence-corrected chi connectivity index (χ2v) is 11.2. The van der Waals surface area contributed by atoms with E-state index in [-0.39, 0.29) is 5.82 Å². The van der Waals surface area contributed by atoms with Gasteiger partial charge in [0, 0.05) is 31.3 Å². The fourth-order valence-electron chi connectivity index (χ4n) is 5.79. The van der Waals surface area contributed by atoms with Crippen molar-refractivity contribution in [3.8, 4) is 39.3 Å². The van der Waals surface area contributed by atoms with E-state index in [1.54, 1.807) is 17.4 Å². The Morgan fingerprint density at radius 2 is 1.32 bits per heavy atom. The second-order valence-electron chi connectivity index (χ2n) is 10.1. The number of thiophene rings is 1. The summed E-state index contributed by atoms with van der Waals surface area (Å²) in [7, 11) is 0. The highest BCUT2D eigenvalue weighted by Crippen LogP contribution is 2.42. The Morgan fingerprint density at radius 3 is 2.15 bits per heavy atom. The van der Waals surface area contributed by atoms with E-state index in [4.69, 9.17) is 4.98 Å². The van der Waals surface area contributed by atoms with Crippen molar-refractivity contribution < 1.29 is 4.39 Å². The molecule has 0 amide bonds. The van der Waals surface area contributed by atoms with Crippen LogP contribution in [0.25, 0.3) is 70.5 Å². The summed E-state index contributed by atoms with van der Waals surface area (Å²) in [5.41, 5.74) is 8.66. The molecule has 8 aromatic rings. The average Bonchev–Trinajstić information content (AvgIpc) is 3.59. The van der Waals surface area contributed by atoms with Gasteiger partial charge in [-0.25, -0.2) is 9.37 Å². The van der Waals surface area contributed by atoms with Crippen LogP contribution >= 0.6 is 11.3 Å². The number of halogens is 1. The molecule has 0 radical (unpaired) electrons. The minimum Gasteiger partial charge on any atom is -0.292 e. The number of nitrogens with zero attached hydrogens (tertiary/aromatic N) is 2. The van der Waals surface area contributed by atoms with Gasteiger partial charge in [0.15, 0.2) is 0 Å². The van der Waals surface area contributed by atoms with Gasteiger partial charge in [-0.3, -0.25) is 4.57 Å². The van der Waals surface area contributed by atoms with E-state index in [0.29, 0.717) is 0 Å². The molecule has 194 valence electrons. The molecule has 0 aliphatic rings. The van der Waals surface area contributed by atoms with Crippen LogP contribution in [0.1, 0.15) is 0 Å². The average molecular weight is 547 g/mol. The van der Waals surface area contributed by atoms with Crippen molar-refractivity contribution in [1.82, 2.24) is 9.55 Å². The highest BCUT2D eigenvalue weighted by molar-refractivity contribution is 7.26. The highest BCUT2D eigenvalue weighted by Gasteiger charge is 2.21. The minimum absolute atomic E-state index is 0.219. The zero-order chi connectivity index (χ0) is 27.3. The zero-order valence-electron chi connectivity index (χ0n) is 22.0. The molecule has 8 rings (SSSR count). The number of hydrogen-bond donors (Lipinski definition) is 0. The van der Waals surface area contributed by atoms with Crippen molar-refractivity contribution in [2.24, 2.45) is 0 Å². The number of aromatic nitrogens is 2. The zero-order valence-corrected chi connectivity index (χ0v) is 22.8.